The first-order valence-corrected chi connectivity index (χ1v) is 7.01. The van der Waals surface area contributed by atoms with Gasteiger partial charge in [0.2, 0.25) is 0 Å². The molecular formula is C11H22N2O2S. The molecule has 0 aromatic rings. The van der Waals surface area contributed by atoms with Gasteiger partial charge in [-0.3, -0.25) is 0 Å². The van der Waals surface area contributed by atoms with Gasteiger partial charge in [-0.2, -0.15) is 11.8 Å². The van der Waals surface area contributed by atoms with Crippen molar-refractivity contribution in [3.05, 3.63) is 0 Å². The maximum Gasteiger partial charge on any atom is 0.315 e. The maximum atomic E-state index is 11.6. The summed E-state index contributed by atoms with van der Waals surface area (Å²) >= 11 is 1.81. The molecule has 5 heteroatoms. The zero-order valence-corrected chi connectivity index (χ0v) is 11.1. The number of hydrogen-bond acceptors (Lipinski definition) is 3. The Labute approximate surface area is 102 Å². The molecule has 94 valence electrons. The van der Waals surface area contributed by atoms with E-state index in [4.69, 9.17) is 0 Å². The molecule has 0 heterocycles. The average Bonchev–Trinajstić information content (AvgIpc) is 2.61. The first kappa shape index (κ1) is 13.6. The van der Waals surface area contributed by atoms with Crippen LogP contribution in [0.3, 0.4) is 0 Å². The van der Waals surface area contributed by atoms with Crippen LogP contribution >= 0.6 is 11.8 Å². The molecule has 4 nitrogen and oxygen atoms in total. The smallest absolute Gasteiger partial charge is 0.315 e. The largest absolute Gasteiger partial charge is 0.389 e. The van der Waals surface area contributed by atoms with Crippen LogP contribution in [0.5, 0.6) is 0 Å². The highest BCUT2D eigenvalue weighted by Crippen LogP contribution is 2.28. The van der Waals surface area contributed by atoms with Gasteiger partial charge < -0.3 is 15.7 Å². The van der Waals surface area contributed by atoms with Crippen LogP contribution in [0, 0.1) is 0 Å². The van der Waals surface area contributed by atoms with Gasteiger partial charge in [0, 0.05) is 17.8 Å². The van der Waals surface area contributed by atoms with Crippen molar-refractivity contribution in [1.29, 1.82) is 0 Å². The molecule has 0 unspecified atom stereocenters. The Hall–Kier alpha value is -0.420. The molecule has 0 radical (unpaired) electrons. The Morgan fingerprint density at radius 1 is 1.50 bits per heavy atom. The van der Waals surface area contributed by atoms with Crippen molar-refractivity contribution in [2.45, 2.75) is 50.0 Å². The summed E-state index contributed by atoms with van der Waals surface area (Å²) in [6.07, 6.45) is 5.50. The predicted octanol–water partition coefficient (Wildman–Crippen LogP) is 1.34. The molecule has 1 saturated carbocycles. The van der Waals surface area contributed by atoms with Gasteiger partial charge in [-0.1, -0.05) is 6.42 Å². The van der Waals surface area contributed by atoms with Crippen LogP contribution in [-0.4, -0.2) is 40.8 Å². The van der Waals surface area contributed by atoms with E-state index in [0.717, 1.165) is 6.42 Å². The van der Waals surface area contributed by atoms with Crippen LogP contribution in [0.4, 0.5) is 4.79 Å². The van der Waals surface area contributed by atoms with E-state index < -0.39 is 5.60 Å². The first-order chi connectivity index (χ1) is 7.42. The summed E-state index contributed by atoms with van der Waals surface area (Å²) in [5, 5.41) is 15.7. The second kappa shape index (κ2) is 5.77. The summed E-state index contributed by atoms with van der Waals surface area (Å²) in [5.41, 5.74) is -0.855. The van der Waals surface area contributed by atoms with Crippen LogP contribution in [0.15, 0.2) is 0 Å². The van der Waals surface area contributed by atoms with Gasteiger partial charge in [0.1, 0.15) is 0 Å². The number of thioether (sulfide) groups is 1. The lowest BCUT2D eigenvalue weighted by molar-refractivity contribution is 0.0818. The number of hydrogen-bond donors (Lipinski definition) is 3. The van der Waals surface area contributed by atoms with Gasteiger partial charge in [-0.25, -0.2) is 4.79 Å². The number of urea groups is 1. The summed E-state index contributed by atoms with van der Waals surface area (Å²) in [6, 6.07) is 0.102. The standard InChI is InChI=1S/C11H22N2O2S/c1-11(2,15)7-12-10(14)13-8-5-4-6-9(8)16-3/h8-9,15H,4-7H2,1-3H3,(H2,12,13,14)/t8-,9-/m0/s1. The third-order valence-corrected chi connectivity index (χ3v) is 3.92. The average molecular weight is 246 g/mol. The highest BCUT2D eigenvalue weighted by molar-refractivity contribution is 7.99. The van der Waals surface area contributed by atoms with Gasteiger partial charge in [0.05, 0.1) is 5.60 Å². The number of carbonyl (C=O) groups is 1. The maximum absolute atomic E-state index is 11.6. The SMILES string of the molecule is CS[C@H]1CCC[C@@H]1NC(=O)NCC(C)(C)O. The molecule has 0 saturated heterocycles. The van der Waals surface area contributed by atoms with Crippen molar-refractivity contribution < 1.29 is 9.90 Å². The Kier molecular flexibility index (Phi) is 4.92. The molecule has 2 amide bonds. The highest BCUT2D eigenvalue weighted by atomic mass is 32.2. The monoisotopic (exact) mass is 246 g/mol. The Morgan fingerprint density at radius 3 is 2.75 bits per heavy atom. The number of aliphatic hydroxyl groups is 1. The molecule has 3 N–H and O–H groups in total. The van der Waals surface area contributed by atoms with Gasteiger partial charge in [0.25, 0.3) is 0 Å². The highest BCUT2D eigenvalue weighted by Gasteiger charge is 2.27. The fraction of sp³-hybridized carbons (Fsp3) is 0.909. The first-order valence-electron chi connectivity index (χ1n) is 5.72. The Morgan fingerprint density at radius 2 is 2.19 bits per heavy atom. The lowest BCUT2D eigenvalue weighted by Crippen LogP contribution is -2.48. The molecule has 2 atom stereocenters. The fourth-order valence-electron chi connectivity index (χ4n) is 1.89. The molecule has 0 aliphatic heterocycles. The quantitative estimate of drug-likeness (QED) is 0.701. The Balaban J connectivity index is 2.28. The summed E-state index contributed by atoms with van der Waals surface area (Å²) in [5.74, 6) is 0. The van der Waals surface area contributed by atoms with E-state index in [1.54, 1.807) is 13.8 Å². The summed E-state index contributed by atoms with van der Waals surface area (Å²) < 4.78 is 0. The lowest BCUT2D eigenvalue weighted by atomic mass is 10.1. The van der Waals surface area contributed by atoms with E-state index in [9.17, 15) is 9.90 Å². The minimum atomic E-state index is -0.855. The molecule has 0 aromatic carbocycles. The van der Waals surface area contributed by atoms with E-state index in [0.29, 0.717) is 5.25 Å². The summed E-state index contributed by atoms with van der Waals surface area (Å²) in [7, 11) is 0. The number of nitrogens with one attached hydrogen (secondary N) is 2. The van der Waals surface area contributed by atoms with Crippen molar-refractivity contribution in [2.24, 2.45) is 0 Å². The second-order valence-corrected chi connectivity index (χ2v) is 6.03. The summed E-state index contributed by atoms with van der Waals surface area (Å²) in [4.78, 5) is 11.6. The molecule has 0 aromatic heterocycles. The molecular weight excluding hydrogens is 224 g/mol. The zero-order valence-electron chi connectivity index (χ0n) is 10.2. The van der Waals surface area contributed by atoms with Crippen LogP contribution in [0.25, 0.3) is 0 Å². The molecule has 16 heavy (non-hydrogen) atoms. The molecule has 0 spiro atoms. The van der Waals surface area contributed by atoms with E-state index in [1.165, 1.54) is 12.8 Å². The molecule has 0 bridgehead atoms. The molecule has 1 rings (SSSR count). The van der Waals surface area contributed by atoms with E-state index >= 15 is 0 Å². The molecule has 1 aliphatic carbocycles. The zero-order chi connectivity index (χ0) is 12.2. The van der Waals surface area contributed by atoms with Gasteiger partial charge >= 0.3 is 6.03 Å². The number of amides is 2. The lowest BCUT2D eigenvalue weighted by Gasteiger charge is -2.22. The fourth-order valence-corrected chi connectivity index (χ4v) is 2.82. The molecule has 1 aliphatic rings. The normalized spacial score (nSPS) is 25.5. The van der Waals surface area contributed by atoms with Crippen molar-refractivity contribution >= 4 is 17.8 Å². The van der Waals surface area contributed by atoms with Crippen molar-refractivity contribution in [1.82, 2.24) is 10.6 Å². The van der Waals surface area contributed by atoms with Gasteiger partial charge in [0.15, 0.2) is 0 Å². The predicted molar refractivity (Wildman–Crippen MR) is 67.8 cm³/mol. The van der Waals surface area contributed by atoms with E-state index in [-0.39, 0.29) is 18.6 Å². The van der Waals surface area contributed by atoms with Crippen molar-refractivity contribution in [2.75, 3.05) is 12.8 Å². The van der Waals surface area contributed by atoms with Crippen molar-refractivity contribution in [3.8, 4) is 0 Å². The topological polar surface area (TPSA) is 61.4 Å². The number of carbonyl (C=O) groups excluding carboxylic acids is 1. The van der Waals surface area contributed by atoms with Crippen LogP contribution in [0.1, 0.15) is 33.1 Å². The van der Waals surface area contributed by atoms with Gasteiger partial charge in [-0.05, 0) is 32.9 Å². The minimum absolute atomic E-state index is 0.173. The summed E-state index contributed by atoms with van der Waals surface area (Å²) in [6.45, 7) is 3.62. The second-order valence-electron chi connectivity index (χ2n) is 4.95. The van der Waals surface area contributed by atoms with Crippen LogP contribution < -0.4 is 10.6 Å². The third kappa shape index (κ3) is 4.61. The van der Waals surface area contributed by atoms with E-state index in [1.807, 2.05) is 11.8 Å². The van der Waals surface area contributed by atoms with E-state index in [2.05, 4.69) is 16.9 Å². The third-order valence-electron chi connectivity index (χ3n) is 2.75. The van der Waals surface area contributed by atoms with Crippen LogP contribution in [0.2, 0.25) is 0 Å². The molecule has 1 fully saturated rings. The van der Waals surface area contributed by atoms with Crippen LogP contribution in [-0.2, 0) is 0 Å². The van der Waals surface area contributed by atoms with Crippen molar-refractivity contribution in [3.63, 3.8) is 0 Å². The Bertz CT molecular complexity index is 241. The van der Waals surface area contributed by atoms with Gasteiger partial charge in [-0.15, -0.1) is 0 Å². The minimum Gasteiger partial charge on any atom is -0.389 e. The number of rotatable bonds is 4.